The predicted molar refractivity (Wildman–Crippen MR) is 244 cm³/mol. The molecule has 59 heavy (non-hydrogen) atoms. The molecule has 0 bridgehead atoms. The van der Waals surface area contributed by atoms with Crippen LogP contribution >= 0.6 is 0 Å². The number of ether oxygens (including phenoxy) is 2. The summed E-state index contributed by atoms with van der Waals surface area (Å²) in [6, 6.07) is -0.858. The second-order valence-corrected chi connectivity index (χ2v) is 15.1. The fourth-order valence-corrected chi connectivity index (χ4v) is 6.19. The van der Waals surface area contributed by atoms with Crippen LogP contribution in [0.1, 0.15) is 142 Å². The zero-order valence-corrected chi connectivity index (χ0v) is 36.5. The first-order chi connectivity index (χ1) is 28.8. The molecular weight excluding hydrogens is 743 g/mol. The van der Waals surface area contributed by atoms with Gasteiger partial charge in [-0.25, -0.2) is 0 Å². The van der Waals surface area contributed by atoms with Gasteiger partial charge in [-0.15, -0.1) is 0 Å². The Labute approximate surface area is 357 Å². The summed E-state index contributed by atoms with van der Waals surface area (Å²) in [5.74, 6) is -0.240. The largest absolute Gasteiger partial charge is 0.394 e. The minimum Gasteiger partial charge on any atom is -0.394 e. The van der Waals surface area contributed by atoms with Crippen molar-refractivity contribution in [3.63, 3.8) is 0 Å². The van der Waals surface area contributed by atoms with E-state index in [1.165, 1.54) is 32.1 Å². The molecule has 0 aliphatic carbocycles. The number of nitrogens with one attached hydrogen (secondary N) is 1. The lowest BCUT2D eigenvalue weighted by Crippen LogP contribution is -2.60. The number of hydrogen-bond acceptors (Lipinski definition) is 8. The van der Waals surface area contributed by atoms with E-state index in [1.807, 2.05) is 6.08 Å². The SMILES string of the molecule is CC/C=C\C/C=C\C/C=C\C/C=C\C/C=C\C/C=C\CCCCC(=O)NC(COC1OC(CO)C(O)C(O)C1O)C(O)/C=C/CC/C=C/CC/C=C/CCCCCCC. The number of carbonyl (C=O) groups excluding carboxylic acids is 1. The highest BCUT2D eigenvalue weighted by atomic mass is 16.7. The summed E-state index contributed by atoms with van der Waals surface area (Å²) < 4.78 is 11.2. The molecule has 0 aromatic carbocycles. The van der Waals surface area contributed by atoms with Crippen molar-refractivity contribution in [2.45, 2.75) is 185 Å². The van der Waals surface area contributed by atoms with Crippen LogP contribution in [0, 0.1) is 0 Å². The van der Waals surface area contributed by atoms with E-state index >= 15 is 0 Å². The molecule has 0 aromatic rings. The number of allylic oxidation sites excluding steroid dienone is 17. The molecule has 0 radical (unpaired) electrons. The molecule has 1 amide bonds. The lowest BCUT2D eigenvalue weighted by molar-refractivity contribution is -0.302. The molecule has 7 atom stereocenters. The number of carbonyl (C=O) groups is 1. The molecule has 334 valence electrons. The zero-order chi connectivity index (χ0) is 43.0. The van der Waals surface area contributed by atoms with E-state index < -0.39 is 49.5 Å². The maximum atomic E-state index is 12.9. The Morgan fingerprint density at radius 2 is 1.07 bits per heavy atom. The molecule has 1 aliphatic rings. The van der Waals surface area contributed by atoms with Crippen LogP contribution in [0.3, 0.4) is 0 Å². The summed E-state index contributed by atoms with van der Waals surface area (Å²) in [7, 11) is 0. The van der Waals surface area contributed by atoms with Crippen molar-refractivity contribution in [3.05, 3.63) is 109 Å². The maximum Gasteiger partial charge on any atom is 0.220 e. The Morgan fingerprint density at radius 3 is 1.61 bits per heavy atom. The summed E-state index contributed by atoms with van der Waals surface area (Å²) >= 11 is 0. The number of hydrogen-bond donors (Lipinski definition) is 6. The van der Waals surface area contributed by atoms with Crippen LogP contribution in [0.15, 0.2) is 109 Å². The molecule has 9 nitrogen and oxygen atoms in total. The van der Waals surface area contributed by atoms with Crippen LogP contribution < -0.4 is 5.32 Å². The highest BCUT2D eigenvalue weighted by Crippen LogP contribution is 2.22. The minimum absolute atomic E-state index is 0.232. The number of aliphatic hydroxyl groups excluding tert-OH is 5. The molecule has 1 heterocycles. The monoisotopic (exact) mass is 824 g/mol. The first-order valence-corrected chi connectivity index (χ1v) is 22.6. The van der Waals surface area contributed by atoms with E-state index in [-0.39, 0.29) is 18.9 Å². The second-order valence-electron chi connectivity index (χ2n) is 15.1. The maximum absolute atomic E-state index is 12.9. The quantitative estimate of drug-likeness (QED) is 0.0274. The average molecular weight is 824 g/mol. The van der Waals surface area contributed by atoms with Gasteiger partial charge in [-0.1, -0.05) is 149 Å². The highest BCUT2D eigenvalue weighted by molar-refractivity contribution is 5.76. The van der Waals surface area contributed by atoms with Crippen LogP contribution in [0.4, 0.5) is 0 Å². The molecule has 1 rings (SSSR count). The third kappa shape index (κ3) is 29.7. The molecule has 9 heteroatoms. The first-order valence-electron chi connectivity index (χ1n) is 22.6. The Bertz CT molecular complexity index is 1280. The normalized spacial score (nSPS) is 21.8. The molecule has 6 N–H and O–H groups in total. The van der Waals surface area contributed by atoms with Gasteiger partial charge >= 0.3 is 0 Å². The Morgan fingerprint density at radius 1 is 0.593 bits per heavy atom. The molecular formula is C50H81NO8. The van der Waals surface area contributed by atoms with Crippen molar-refractivity contribution in [1.82, 2.24) is 5.32 Å². The van der Waals surface area contributed by atoms with E-state index in [0.717, 1.165) is 77.0 Å². The Hall–Kier alpha value is -3.15. The van der Waals surface area contributed by atoms with E-state index in [9.17, 15) is 30.3 Å². The van der Waals surface area contributed by atoms with Gasteiger partial charge in [0.25, 0.3) is 0 Å². The lowest BCUT2D eigenvalue weighted by Gasteiger charge is -2.40. The van der Waals surface area contributed by atoms with Crippen LogP contribution in [-0.4, -0.2) is 87.5 Å². The summed E-state index contributed by atoms with van der Waals surface area (Å²) in [6.07, 6.45) is 49.8. The van der Waals surface area contributed by atoms with Crippen molar-refractivity contribution in [2.75, 3.05) is 13.2 Å². The van der Waals surface area contributed by atoms with Gasteiger partial charge in [-0.3, -0.25) is 4.79 Å². The summed E-state index contributed by atoms with van der Waals surface area (Å²) in [4.78, 5) is 12.9. The smallest absolute Gasteiger partial charge is 0.220 e. The van der Waals surface area contributed by atoms with Gasteiger partial charge < -0.3 is 40.3 Å². The van der Waals surface area contributed by atoms with Crippen molar-refractivity contribution in [2.24, 2.45) is 0 Å². The third-order valence-corrected chi connectivity index (χ3v) is 9.81. The molecule has 0 aromatic heterocycles. The summed E-state index contributed by atoms with van der Waals surface area (Å²) in [5.41, 5.74) is 0. The van der Waals surface area contributed by atoms with Crippen molar-refractivity contribution >= 4 is 5.91 Å². The molecule has 7 unspecified atom stereocenters. The number of aliphatic hydroxyl groups is 5. The zero-order valence-electron chi connectivity index (χ0n) is 36.5. The van der Waals surface area contributed by atoms with Gasteiger partial charge in [0.2, 0.25) is 5.91 Å². The first kappa shape index (κ1) is 53.9. The van der Waals surface area contributed by atoms with Gasteiger partial charge in [0.1, 0.15) is 24.4 Å². The third-order valence-electron chi connectivity index (χ3n) is 9.81. The van der Waals surface area contributed by atoms with Gasteiger partial charge in [-0.05, 0) is 96.3 Å². The van der Waals surface area contributed by atoms with Gasteiger partial charge in [0.05, 0.1) is 25.4 Å². The van der Waals surface area contributed by atoms with Crippen LogP contribution in [0.2, 0.25) is 0 Å². The van der Waals surface area contributed by atoms with Crippen molar-refractivity contribution in [1.29, 1.82) is 0 Å². The van der Waals surface area contributed by atoms with E-state index in [0.29, 0.717) is 12.8 Å². The van der Waals surface area contributed by atoms with Gasteiger partial charge in [0, 0.05) is 6.42 Å². The number of rotatable bonds is 35. The lowest BCUT2D eigenvalue weighted by atomic mass is 9.99. The average Bonchev–Trinajstić information content (AvgIpc) is 3.23. The molecule has 0 spiro atoms. The van der Waals surface area contributed by atoms with Crippen LogP contribution in [0.25, 0.3) is 0 Å². The predicted octanol–water partition coefficient (Wildman–Crippen LogP) is 9.50. The standard InChI is InChI=1S/C50H81NO8/c1-3-5-7-9-11-13-15-17-19-20-21-22-23-24-26-28-30-32-34-36-38-40-46(54)51-43(42-58-50-49(57)48(56)47(55)45(41-52)59-50)44(53)39-37-35-33-31-29-27-25-18-16-14-12-10-8-6-4-2/h5,7,11,13,16-19,21-22,24,26,29-32,37,39,43-45,47-50,52-53,55-57H,3-4,6,8-10,12,14-15,20,23,25,27-28,33-36,38,40-42H2,1-2H3,(H,51,54)/b7-5-,13-11-,18-16+,19-17-,22-21-,26-24-,31-29+,32-30-,39-37+. The van der Waals surface area contributed by atoms with E-state index in [2.05, 4.69) is 116 Å². The number of unbranched alkanes of at least 4 members (excludes halogenated alkanes) is 9. The molecule has 1 aliphatic heterocycles. The topological polar surface area (TPSA) is 149 Å². The molecule has 1 saturated heterocycles. The highest BCUT2D eigenvalue weighted by Gasteiger charge is 2.44. The Kier molecular flexibility index (Phi) is 35.6. The van der Waals surface area contributed by atoms with Crippen LogP contribution in [-0.2, 0) is 14.3 Å². The van der Waals surface area contributed by atoms with Crippen molar-refractivity contribution in [3.8, 4) is 0 Å². The summed E-state index contributed by atoms with van der Waals surface area (Å²) in [5, 5.41) is 54.1. The fourth-order valence-electron chi connectivity index (χ4n) is 6.19. The minimum atomic E-state index is -1.59. The molecule has 0 saturated carbocycles. The van der Waals surface area contributed by atoms with E-state index in [1.54, 1.807) is 6.08 Å². The molecule has 1 fully saturated rings. The van der Waals surface area contributed by atoms with Gasteiger partial charge in [-0.2, -0.15) is 0 Å². The second kappa shape index (κ2) is 39.0. The fraction of sp³-hybridized carbons (Fsp3) is 0.620. The summed E-state index contributed by atoms with van der Waals surface area (Å²) in [6.45, 7) is 3.56. The Balaban J connectivity index is 2.45. The van der Waals surface area contributed by atoms with E-state index in [4.69, 9.17) is 9.47 Å². The van der Waals surface area contributed by atoms with Gasteiger partial charge in [0.15, 0.2) is 6.29 Å². The number of amides is 1. The van der Waals surface area contributed by atoms with Crippen molar-refractivity contribution < 1.29 is 39.8 Å². The van der Waals surface area contributed by atoms with Crippen LogP contribution in [0.5, 0.6) is 0 Å².